The Morgan fingerprint density at radius 3 is 2.79 bits per heavy atom. The van der Waals surface area contributed by atoms with Gasteiger partial charge in [-0.15, -0.1) is 0 Å². The summed E-state index contributed by atoms with van der Waals surface area (Å²) in [5, 5.41) is 10.1. The van der Waals surface area contributed by atoms with E-state index in [4.69, 9.17) is 5.11 Å². The highest BCUT2D eigenvalue weighted by atomic mass is 79.9. The Bertz CT molecular complexity index is 357. The third-order valence-corrected chi connectivity index (χ3v) is 3.20. The summed E-state index contributed by atoms with van der Waals surface area (Å²) in [6.07, 6.45) is 0. The molecule has 0 spiro atoms. The molecule has 1 rings (SSSR count). The molecule has 0 aromatic heterocycles. The molecule has 1 atom stereocenters. The minimum Gasteiger partial charge on any atom is -0.607 e. The summed E-state index contributed by atoms with van der Waals surface area (Å²) < 4.78 is 25.1. The average molecular weight is 279 g/mol. The molecule has 0 heterocycles. The highest BCUT2D eigenvalue weighted by molar-refractivity contribution is 9.10. The molecule has 0 saturated heterocycles. The molecule has 0 aliphatic carbocycles. The predicted molar refractivity (Wildman–Crippen MR) is 56.6 cm³/mol. The van der Waals surface area contributed by atoms with E-state index in [0.29, 0.717) is 4.47 Å². The highest BCUT2D eigenvalue weighted by Crippen LogP contribution is 2.25. The largest absolute Gasteiger partial charge is 0.607 e. The van der Waals surface area contributed by atoms with Crippen molar-refractivity contribution in [2.75, 3.05) is 0 Å². The van der Waals surface area contributed by atoms with E-state index in [2.05, 4.69) is 22.5 Å². The van der Waals surface area contributed by atoms with Crippen LogP contribution in [0.2, 0.25) is 0 Å². The second-order valence-electron chi connectivity index (χ2n) is 2.49. The van der Waals surface area contributed by atoms with Gasteiger partial charge in [-0.05, 0) is 6.07 Å². The maximum atomic E-state index is 13.2. The van der Waals surface area contributed by atoms with E-state index >= 15 is 0 Å². The van der Waals surface area contributed by atoms with Gasteiger partial charge in [0.1, 0.15) is 11.2 Å². The van der Waals surface area contributed by atoms with E-state index in [9.17, 15) is 8.94 Å². The van der Waals surface area contributed by atoms with Crippen LogP contribution in [0.5, 0.6) is 0 Å². The summed E-state index contributed by atoms with van der Waals surface area (Å²) in [6.45, 7) is 2.87. The highest BCUT2D eigenvalue weighted by Gasteiger charge is 2.18. The smallest absolute Gasteiger partial charge is 0.167 e. The first-order chi connectivity index (χ1) is 6.60. The van der Waals surface area contributed by atoms with Gasteiger partial charge in [0.25, 0.3) is 0 Å². The molecule has 2 nitrogen and oxygen atoms in total. The number of aliphatic hydroxyl groups excluding tert-OH is 1. The van der Waals surface area contributed by atoms with Gasteiger partial charge in [0.15, 0.2) is 4.90 Å². The molecular formula is C9H8BrFO2S. The number of halogens is 2. The first kappa shape index (κ1) is 11.7. The normalized spacial score (nSPS) is 12.6. The molecule has 0 radical (unpaired) electrons. The van der Waals surface area contributed by atoms with Crippen LogP contribution < -0.4 is 0 Å². The molecule has 0 fully saturated rings. The molecule has 0 bridgehead atoms. The van der Waals surface area contributed by atoms with Crippen molar-refractivity contribution in [3.63, 3.8) is 0 Å². The lowest BCUT2D eigenvalue weighted by molar-refractivity contribution is 0.272. The molecule has 1 unspecified atom stereocenters. The number of hydrogen-bond donors (Lipinski definition) is 1. The molecule has 14 heavy (non-hydrogen) atoms. The average Bonchev–Trinajstić information content (AvgIpc) is 2.15. The summed E-state index contributed by atoms with van der Waals surface area (Å²) in [5.41, 5.74) is 0.0476. The molecule has 1 aromatic rings. The van der Waals surface area contributed by atoms with Crippen LogP contribution in [0.4, 0.5) is 4.39 Å². The van der Waals surface area contributed by atoms with Crippen LogP contribution in [0, 0.1) is 5.82 Å². The maximum absolute atomic E-state index is 13.2. The molecule has 0 saturated carbocycles. The summed E-state index contributed by atoms with van der Waals surface area (Å²) >= 11 is 1.59. The molecule has 5 heteroatoms. The Morgan fingerprint density at radius 2 is 2.29 bits per heavy atom. The van der Waals surface area contributed by atoms with E-state index in [0.717, 1.165) is 0 Å². The topological polar surface area (TPSA) is 43.3 Å². The minimum atomic E-state index is -1.49. The van der Waals surface area contributed by atoms with Gasteiger partial charge in [-0.1, -0.05) is 22.5 Å². The molecule has 0 amide bonds. The van der Waals surface area contributed by atoms with Crippen molar-refractivity contribution in [2.24, 2.45) is 0 Å². The van der Waals surface area contributed by atoms with Crippen molar-refractivity contribution in [3.8, 4) is 0 Å². The molecular weight excluding hydrogens is 271 g/mol. The van der Waals surface area contributed by atoms with Crippen LogP contribution in [-0.2, 0) is 17.8 Å². The number of hydrogen-bond acceptors (Lipinski definition) is 2. The Hall–Kier alpha value is -0.360. The van der Waals surface area contributed by atoms with E-state index < -0.39 is 23.6 Å². The van der Waals surface area contributed by atoms with Gasteiger partial charge in [0.05, 0.1) is 12.2 Å². The quantitative estimate of drug-likeness (QED) is 0.863. The third-order valence-electron chi connectivity index (χ3n) is 1.65. The van der Waals surface area contributed by atoms with Crippen LogP contribution in [0.3, 0.4) is 0 Å². The predicted octanol–water partition coefficient (Wildman–Crippen LogP) is 2.33. The molecule has 76 valence electrons. The zero-order valence-electron chi connectivity index (χ0n) is 7.17. The maximum Gasteiger partial charge on any atom is 0.167 e. The second kappa shape index (κ2) is 4.93. The molecule has 0 aliphatic heterocycles. The van der Waals surface area contributed by atoms with Gasteiger partial charge in [-0.25, -0.2) is 4.39 Å². The summed E-state index contributed by atoms with van der Waals surface area (Å²) in [6, 6.07) is 2.72. The van der Waals surface area contributed by atoms with Crippen LogP contribution in [-0.4, -0.2) is 9.66 Å². The van der Waals surface area contributed by atoms with Gasteiger partial charge in [-0.3, -0.25) is 0 Å². The lowest BCUT2D eigenvalue weighted by Gasteiger charge is -2.10. The van der Waals surface area contributed by atoms with Crippen LogP contribution in [0.1, 0.15) is 5.56 Å². The van der Waals surface area contributed by atoms with Crippen molar-refractivity contribution in [3.05, 3.63) is 40.0 Å². The van der Waals surface area contributed by atoms with Crippen LogP contribution in [0.15, 0.2) is 33.5 Å². The Kier molecular flexibility index (Phi) is 4.12. The van der Waals surface area contributed by atoms with Crippen LogP contribution >= 0.6 is 15.9 Å². The standard InChI is InChI=1S/C9H8BrFO2S/c1-2-14(13)9-4-6(10)3-8(11)7(9)5-12/h2-4,12H,1,5H2. The first-order valence-electron chi connectivity index (χ1n) is 3.72. The molecule has 0 aliphatic rings. The van der Waals surface area contributed by atoms with Gasteiger partial charge in [-0.2, -0.15) is 0 Å². The van der Waals surface area contributed by atoms with Crippen molar-refractivity contribution in [2.45, 2.75) is 11.5 Å². The number of rotatable bonds is 3. The second-order valence-corrected chi connectivity index (χ2v) is 4.77. The SMILES string of the molecule is C=C[S+]([O-])c1cc(Br)cc(F)c1CO. The molecule has 1 N–H and O–H groups in total. The van der Waals surface area contributed by atoms with Crippen LogP contribution in [0.25, 0.3) is 0 Å². The fourth-order valence-electron chi connectivity index (χ4n) is 1.00. The van der Waals surface area contributed by atoms with Crippen molar-refractivity contribution in [1.82, 2.24) is 0 Å². The van der Waals surface area contributed by atoms with E-state index in [1.165, 1.54) is 17.5 Å². The summed E-state index contributed by atoms with van der Waals surface area (Å²) in [5.74, 6) is -0.577. The number of benzene rings is 1. The minimum absolute atomic E-state index is 0.0476. The zero-order valence-corrected chi connectivity index (χ0v) is 9.57. The fraction of sp³-hybridized carbons (Fsp3) is 0.111. The lowest BCUT2D eigenvalue weighted by Crippen LogP contribution is -2.04. The molecule has 1 aromatic carbocycles. The third kappa shape index (κ3) is 2.36. The van der Waals surface area contributed by atoms with E-state index in [-0.39, 0.29) is 10.5 Å². The van der Waals surface area contributed by atoms with Gasteiger partial charge in [0, 0.05) is 21.7 Å². The monoisotopic (exact) mass is 278 g/mol. The van der Waals surface area contributed by atoms with Crippen molar-refractivity contribution >= 4 is 27.1 Å². The van der Waals surface area contributed by atoms with Crippen molar-refractivity contribution < 1.29 is 14.0 Å². The van der Waals surface area contributed by atoms with Gasteiger partial charge in [0.2, 0.25) is 0 Å². The Labute approximate surface area is 92.8 Å². The summed E-state index contributed by atoms with van der Waals surface area (Å²) in [4.78, 5) is 0.245. The fourth-order valence-corrected chi connectivity index (χ4v) is 2.41. The van der Waals surface area contributed by atoms with E-state index in [1.807, 2.05) is 0 Å². The first-order valence-corrected chi connectivity index (χ1v) is 5.72. The summed E-state index contributed by atoms with van der Waals surface area (Å²) in [7, 11) is 0. The Balaban J connectivity index is 3.31. The van der Waals surface area contributed by atoms with E-state index in [1.54, 1.807) is 0 Å². The Morgan fingerprint density at radius 1 is 1.64 bits per heavy atom. The van der Waals surface area contributed by atoms with Gasteiger partial charge >= 0.3 is 0 Å². The van der Waals surface area contributed by atoms with Gasteiger partial charge < -0.3 is 9.66 Å². The van der Waals surface area contributed by atoms with Crippen molar-refractivity contribution in [1.29, 1.82) is 0 Å². The number of aliphatic hydroxyl groups is 1. The zero-order chi connectivity index (χ0) is 10.7. The lowest BCUT2D eigenvalue weighted by atomic mass is 10.2.